The van der Waals surface area contributed by atoms with Gasteiger partial charge in [-0.15, -0.1) is 0 Å². The average Bonchev–Trinajstić information content (AvgIpc) is 2.36. The van der Waals surface area contributed by atoms with Crippen molar-refractivity contribution in [1.29, 1.82) is 0 Å². The molecule has 2 rings (SSSR count). The van der Waals surface area contributed by atoms with E-state index in [2.05, 4.69) is 37.2 Å². The Hall–Kier alpha value is -1.40. The second-order valence-electron chi connectivity index (χ2n) is 3.81. The van der Waals surface area contributed by atoms with Crippen LogP contribution in [-0.4, -0.2) is 5.91 Å². The van der Waals surface area contributed by atoms with E-state index in [0.717, 1.165) is 8.95 Å². The standard InChI is InChI=1S/C13H9Br2FN2O/c14-8-2-4-12(9(15)6-8)18-13(19)7-1-3-10(16)11(17)5-7/h1-6H,17H2,(H,18,19). The highest BCUT2D eigenvalue weighted by Crippen LogP contribution is 2.26. The van der Waals surface area contributed by atoms with Crippen molar-refractivity contribution in [3.63, 3.8) is 0 Å². The second kappa shape index (κ2) is 5.71. The van der Waals surface area contributed by atoms with E-state index in [0.29, 0.717) is 11.3 Å². The molecule has 0 saturated carbocycles. The van der Waals surface area contributed by atoms with E-state index >= 15 is 0 Å². The predicted molar refractivity (Wildman–Crippen MR) is 80.6 cm³/mol. The van der Waals surface area contributed by atoms with Crippen LogP contribution in [0.3, 0.4) is 0 Å². The van der Waals surface area contributed by atoms with E-state index in [4.69, 9.17) is 5.73 Å². The van der Waals surface area contributed by atoms with Crippen LogP contribution in [0.1, 0.15) is 10.4 Å². The maximum Gasteiger partial charge on any atom is 0.255 e. The van der Waals surface area contributed by atoms with Gasteiger partial charge < -0.3 is 11.1 Å². The lowest BCUT2D eigenvalue weighted by atomic mass is 10.2. The first-order valence-electron chi connectivity index (χ1n) is 5.29. The number of rotatable bonds is 2. The Morgan fingerprint density at radius 1 is 1.16 bits per heavy atom. The molecule has 0 radical (unpaired) electrons. The quantitative estimate of drug-likeness (QED) is 0.759. The lowest BCUT2D eigenvalue weighted by Crippen LogP contribution is -2.12. The predicted octanol–water partition coefficient (Wildman–Crippen LogP) is 4.19. The fraction of sp³-hybridized carbons (Fsp3) is 0. The third-order valence-electron chi connectivity index (χ3n) is 2.44. The van der Waals surface area contributed by atoms with Crippen LogP contribution < -0.4 is 11.1 Å². The van der Waals surface area contributed by atoms with Gasteiger partial charge in [0.2, 0.25) is 0 Å². The molecule has 0 aliphatic heterocycles. The van der Waals surface area contributed by atoms with Crippen LogP contribution in [0.2, 0.25) is 0 Å². The summed E-state index contributed by atoms with van der Waals surface area (Å²) in [6, 6.07) is 9.22. The monoisotopic (exact) mass is 386 g/mol. The molecule has 3 nitrogen and oxygen atoms in total. The number of nitrogens with one attached hydrogen (secondary N) is 1. The lowest BCUT2D eigenvalue weighted by molar-refractivity contribution is 0.102. The number of nitrogen functional groups attached to an aromatic ring is 1. The summed E-state index contributed by atoms with van der Waals surface area (Å²) in [7, 11) is 0. The molecule has 0 heterocycles. The molecule has 0 unspecified atom stereocenters. The SMILES string of the molecule is Nc1cc(C(=O)Nc2ccc(Br)cc2Br)ccc1F. The lowest BCUT2D eigenvalue weighted by Gasteiger charge is -2.08. The topological polar surface area (TPSA) is 55.1 Å². The minimum Gasteiger partial charge on any atom is -0.396 e. The highest BCUT2D eigenvalue weighted by atomic mass is 79.9. The summed E-state index contributed by atoms with van der Waals surface area (Å²) < 4.78 is 14.7. The Bertz CT molecular complexity index is 647. The molecule has 19 heavy (non-hydrogen) atoms. The number of carbonyl (C=O) groups is 1. The van der Waals surface area contributed by atoms with Gasteiger partial charge in [0, 0.05) is 14.5 Å². The molecular weight excluding hydrogens is 379 g/mol. The normalized spacial score (nSPS) is 10.3. The first kappa shape index (κ1) is 14.0. The molecular formula is C13H9Br2FN2O. The fourth-order valence-electron chi connectivity index (χ4n) is 1.47. The molecule has 6 heteroatoms. The maximum atomic E-state index is 13.0. The zero-order chi connectivity index (χ0) is 14.0. The zero-order valence-electron chi connectivity index (χ0n) is 9.58. The minimum absolute atomic E-state index is 0.0532. The van der Waals surface area contributed by atoms with Crippen LogP contribution in [-0.2, 0) is 0 Å². The molecule has 2 aromatic carbocycles. The van der Waals surface area contributed by atoms with Crippen molar-refractivity contribution < 1.29 is 9.18 Å². The molecule has 0 atom stereocenters. The van der Waals surface area contributed by atoms with Gasteiger partial charge in [-0.05, 0) is 52.3 Å². The molecule has 0 spiro atoms. The Morgan fingerprint density at radius 2 is 1.89 bits per heavy atom. The molecule has 3 N–H and O–H groups in total. The van der Waals surface area contributed by atoms with Gasteiger partial charge in [-0.1, -0.05) is 15.9 Å². The van der Waals surface area contributed by atoms with Crippen molar-refractivity contribution in [3.05, 3.63) is 56.7 Å². The molecule has 0 fully saturated rings. The number of hydrogen-bond donors (Lipinski definition) is 2. The third kappa shape index (κ3) is 3.33. The summed E-state index contributed by atoms with van der Waals surface area (Å²) in [6.07, 6.45) is 0. The van der Waals surface area contributed by atoms with Crippen LogP contribution in [0.5, 0.6) is 0 Å². The number of anilines is 2. The summed E-state index contributed by atoms with van der Waals surface area (Å²) in [5.74, 6) is -0.893. The van der Waals surface area contributed by atoms with Gasteiger partial charge in [0.15, 0.2) is 0 Å². The Labute approximate surface area is 126 Å². The minimum atomic E-state index is -0.540. The number of nitrogens with two attached hydrogens (primary N) is 1. The second-order valence-corrected chi connectivity index (χ2v) is 5.58. The van der Waals surface area contributed by atoms with Crippen LogP contribution in [0.25, 0.3) is 0 Å². The van der Waals surface area contributed by atoms with Gasteiger partial charge in [0.1, 0.15) is 5.82 Å². The largest absolute Gasteiger partial charge is 0.396 e. The van der Waals surface area contributed by atoms with Crippen LogP contribution in [0, 0.1) is 5.82 Å². The summed E-state index contributed by atoms with van der Waals surface area (Å²) >= 11 is 6.67. The number of hydrogen-bond acceptors (Lipinski definition) is 2. The number of carbonyl (C=O) groups excluding carboxylic acids is 1. The molecule has 0 bridgehead atoms. The summed E-state index contributed by atoms with van der Waals surface area (Å²) in [5.41, 5.74) is 6.30. The van der Waals surface area contributed by atoms with Gasteiger partial charge in [0.25, 0.3) is 5.91 Å². The van der Waals surface area contributed by atoms with E-state index in [9.17, 15) is 9.18 Å². The highest BCUT2D eigenvalue weighted by molar-refractivity contribution is 9.11. The first-order chi connectivity index (χ1) is 8.97. The molecule has 0 aromatic heterocycles. The Morgan fingerprint density at radius 3 is 2.53 bits per heavy atom. The molecule has 0 saturated heterocycles. The van der Waals surface area contributed by atoms with E-state index in [1.165, 1.54) is 18.2 Å². The number of halogens is 3. The molecule has 0 aliphatic rings. The van der Waals surface area contributed by atoms with Crippen molar-refractivity contribution in [2.24, 2.45) is 0 Å². The summed E-state index contributed by atoms with van der Waals surface area (Å²) in [5, 5.41) is 2.72. The van der Waals surface area contributed by atoms with Gasteiger partial charge in [0.05, 0.1) is 11.4 Å². The van der Waals surface area contributed by atoms with E-state index in [-0.39, 0.29) is 11.6 Å². The van der Waals surface area contributed by atoms with Gasteiger partial charge in [-0.3, -0.25) is 4.79 Å². The Balaban J connectivity index is 2.23. The molecule has 1 amide bonds. The zero-order valence-corrected chi connectivity index (χ0v) is 12.8. The molecule has 2 aromatic rings. The molecule has 0 aliphatic carbocycles. The smallest absolute Gasteiger partial charge is 0.255 e. The van der Waals surface area contributed by atoms with Crippen LogP contribution >= 0.6 is 31.9 Å². The average molecular weight is 388 g/mol. The first-order valence-corrected chi connectivity index (χ1v) is 6.87. The van der Waals surface area contributed by atoms with Crippen molar-refractivity contribution in [1.82, 2.24) is 0 Å². The molecule has 98 valence electrons. The van der Waals surface area contributed by atoms with E-state index < -0.39 is 5.82 Å². The summed E-state index contributed by atoms with van der Waals surface area (Å²) in [4.78, 5) is 12.0. The van der Waals surface area contributed by atoms with E-state index in [1.54, 1.807) is 12.1 Å². The van der Waals surface area contributed by atoms with Crippen molar-refractivity contribution in [2.45, 2.75) is 0 Å². The van der Waals surface area contributed by atoms with Gasteiger partial charge in [-0.2, -0.15) is 0 Å². The van der Waals surface area contributed by atoms with Gasteiger partial charge in [-0.25, -0.2) is 4.39 Å². The summed E-state index contributed by atoms with van der Waals surface area (Å²) in [6.45, 7) is 0. The maximum absolute atomic E-state index is 13.0. The van der Waals surface area contributed by atoms with Crippen LogP contribution in [0.4, 0.5) is 15.8 Å². The number of benzene rings is 2. The van der Waals surface area contributed by atoms with Crippen LogP contribution in [0.15, 0.2) is 45.3 Å². The van der Waals surface area contributed by atoms with Crippen molar-refractivity contribution >= 4 is 49.1 Å². The van der Waals surface area contributed by atoms with Crippen molar-refractivity contribution in [3.8, 4) is 0 Å². The fourth-order valence-corrected chi connectivity index (χ4v) is 2.62. The van der Waals surface area contributed by atoms with Crippen molar-refractivity contribution in [2.75, 3.05) is 11.1 Å². The Kier molecular flexibility index (Phi) is 4.21. The highest BCUT2D eigenvalue weighted by Gasteiger charge is 2.10. The third-order valence-corrected chi connectivity index (χ3v) is 3.59. The van der Waals surface area contributed by atoms with Gasteiger partial charge >= 0.3 is 0 Å². The number of amides is 1. The van der Waals surface area contributed by atoms with E-state index in [1.807, 2.05) is 6.07 Å².